The predicted octanol–water partition coefficient (Wildman–Crippen LogP) is 5.60. The van der Waals surface area contributed by atoms with Crippen LogP contribution in [0.1, 0.15) is 0 Å². The van der Waals surface area contributed by atoms with E-state index in [1.54, 1.807) is 12.1 Å². The molecule has 31 heavy (non-hydrogen) atoms. The summed E-state index contributed by atoms with van der Waals surface area (Å²) in [5, 5.41) is 11.8. The van der Waals surface area contributed by atoms with Crippen LogP contribution in [0.2, 0.25) is 0 Å². The molecule has 0 aliphatic rings. The zero-order valence-corrected chi connectivity index (χ0v) is 16.8. The molecule has 0 spiro atoms. The van der Waals surface area contributed by atoms with Gasteiger partial charge in [0.2, 0.25) is 5.75 Å². The highest BCUT2D eigenvalue weighted by atomic mass is 16.5. The van der Waals surface area contributed by atoms with E-state index in [0.717, 1.165) is 16.3 Å². The van der Waals surface area contributed by atoms with Gasteiger partial charge < -0.3 is 23.4 Å². The van der Waals surface area contributed by atoms with Gasteiger partial charge in [0, 0.05) is 23.3 Å². The molecule has 0 radical (unpaired) electrons. The second-order valence-electron chi connectivity index (χ2n) is 7.07. The Balaban J connectivity index is 1.81. The Morgan fingerprint density at radius 1 is 0.742 bits per heavy atom. The molecule has 0 unspecified atom stereocenters. The van der Waals surface area contributed by atoms with Crippen molar-refractivity contribution in [2.24, 2.45) is 0 Å². The zero-order chi connectivity index (χ0) is 21.5. The fourth-order valence-electron chi connectivity index (χ4n) is 3.70. The van der Waals surface area contributed by atoms with Crippen LogP contribution in [0.4, 0.5) is 0 Å². The van der Waals surface area contributed by atoms with Crippen LogP contribution in [0.15, 0.2) is 80.4 Å². The van der Waals surface area contributed by atoms with Crippen LogP contribution in [-0.2, 0) is 0 Å². The number of hydrogen-bond donors (Lipinski definition) is 1. The van der Waals surface area contributed by atoms with Crippen LogP contribution >= 0.6 is 0 Å². The lowest BCUT2D eigenvalue weighted by Gasteiger charge is -2.13. The van der Waals surface area contributed by atoms with Gasteiger partial charge in [0.1, 0.15) is 22.7 Å². The molecule has 0 fully saturated rings. The molecule has 0 aliphatic heterocycles. The largest absolute Gasteiger partial charge is 0.502 e. The van der Waals surface area contributed by atoms with Gasteiger partial charge in [0.25, 0.3) is 0 Å². The van der Waals surface area contributed by atoms with Crippen LogP contribution in [0.25, 0.3) is 44.6 Å². The summed E-state index contributed by atoms with van der Waals surface area (Å²) in [4.78, 5) is 12.3. The van der Waals surface area contributed by atoms with Crippen LogP contribution in [0, 0.1) is 0 Å². The van der Waals surface area contributed by atoms with Gasteiger partial charge in [-0.15, -0.1) is 0 Å². The summed E-state index contributed by atoms with van der Waals surface area (Å²) in [5.74, 6) is 1.53. The van der Waals surface area contributed by atoms with Gasteiger partial charge >= 0.3 is 0 Å². The van der Waals surface area contributed by atoms with E-state index in [0.29, 0.717) is 28.2 Å². The summed E-state index contributed by atoms with van der Waals surface area (Å²) in [7, 11) is 2.92. The van der Waals surface area contributed by atoms with E-state index in [1.807, 2.05) is 42.5 Å². The number of phenols is 1. The molecule has 1 N–H and O–H groups in total. The standard InChI is InChI=1S/C25H18O6/c1-28-22-8-15(9-23(29-2)25(22)27)19-11-16-10-18(14-6-4-3-5-7-14)30-20-12-17(26)13-21(31-19)24(16)20/h3-13,27H,1-2H3. The lowest BCUT2D eigenvalue weighted by Crippen LogP contribution is -1.97. The fraction of sp³-hybridized carbons (Fsp3) is 0.0800. The SMILES string of the molecule is COc1cc(-c2cc3cc(-c4ccccc4)oc4cc(=O)cc(o2)c34)cc(OC)c1O. The molecular formula is C25H18O6. The molecule has 5 aromatic rings. The summed E-state index contributed by atoms with van der Waals surface area (Å²) >= 11 is 0. The van der Waals surface area contributed by atoms with E-state index in [1.165, 1.54) is 26.4 Å². The Labute approximate surface area is 176 Å². The van der Waals surface area contributed by atoms with Crippen molar-refractivity contribution in [3.8, 4) is 39.9 Å². The van der Waals surface area contributed by atoms with Crippen LogP contribution in [-0.4, -0.2) is 19.3 Å². The molecule has 0 saturated heterocycles. The van der Waals surface area contributed by atoms with Crippen molar-refractivity contribution < 1.29 is 23.4 Å². The summed E-state index contributed by atoms with van der Waals surface area (Å²) in [6, 6.07) is 19.7. The Bertz CT molecular complexity index is 1450. The second kappa shape index (κ2) is 7.25. The number of hydrogen-bond acceptors (Lipinski definition) is 6. The van der Waals surface area contributed by atoms with Gasteiger partial charge in [-0.25, -0.2) is 0 Å². The minimum Gasteiger partial charge on any atom is -0.502 e. The minimum atomic E-state index is -0.218. The fourth-order valence-corrected chi connectivity index (χ4v) is 3.70. The first-order valence-corrected chi connectivity index (χ1v) is 9.59. The molecular weight excluding hydrogens is 396 g/mol. The molecule has 6 heteroatoms. The van der Waals surface area contributed by atoms with Crippen molar-refractivity contribution in [1.29, 1.82) is 0 Å². The Kier molecular flexibility index (Phi) is 4.40. The van der Waals surface area contributed by atoms with Crippen LogP contribution in [0.5, 0.6) is 17.2 Å². The molecule has 0 atom stereocenters. The molecule has 0 bridgehead atoms. The Morgan fingerprint density at radius 2 is 1.29 bits per heavy atom. The van der Waals surface area contributed by atoms with Gasteiger partial charge in [-0.1, -0.05) is 30.3 Å². The number of ether oxygens (including phenoxy) is 2. The molecule has 2 aromatic heterocycles. The summed E-state index contributed by atoms with van der Waals surface area (Å²) in [6.07, 6.45) is 0. The average Bonchev–Trinajstić information content (AvgIpc) is 2.79. The van der Waals surface area contributed by atoms with E-state index >= 15 is 0 Å². The highest BCUT2D eigenvalue weighted by molar-refractivity contribution is 6.07. The van der Waals surface area contributed by atoms with Crippen molar-refractivity contribution in [2.45, 2.75) is 0 Å². The molecule has 2 heterocycles. The Morgan fingerprint density at radius 3 is 1.84 bits per heavy atom. The first-order chi connectivity index (χ1) is 15.1. The minimum absolute atomic E-state index is 0.0975. The third-order valence-corrected chi connectivity index (χ3v) is 5.16. The van der Waals surface area contributed by atoms with E-state index in [2.05, 4.69) is 0 Å². The van der Waals surface area contributed by atoms with Gasteiger partial charge in [-0.2, -0.15) is 0 Å². The van der Waals surface area contributed by atoms with Gasteiger partial charge in [0.05, 0.1) is 19.6 Å². The lowest BCUT2D eigenvalue weighted by atomic mass is 10.0. The predicted molar refractivity (Wildman–Crippen MR) is 118 cm³/mol. The summed E-state index contributed by atoms with van der Waals surface area (Å²) in [6.45, 7) is 0. The summed E-state index contributed by atoms with van der Waals surface area (Å²) in [5.41, 5.74) is 2.17. The first kappa shape index (κ1) is 18.8. The topological polar surface area (TPSA) is 82.0 Å². The zero-order valence-electron chi connectivity index (χ0n) is 16.8. The highest BCUT2D eigenvalue weighted by Gasteiger charge is 2.17. The van der Waals surface area contributed by atoms with Crippen molar-refractivity contribution in [2.75, 3.05) is 14.2 Å². The molecule has 0 saturated carbocycles. The van der Waals surface area contributed by atoms with Crippen molar-refractivity contribution in [3.63, 3.8) is 0 Å². The Hall–Kier alpha value is -4.19. The maximum atomic E-state index is 12.3. The third kappa shape index (κ3) is 3.18. The van der Waals surface area contributed by atoms with E-state index in [-0.39, 0.29) is 22.7 Å². The maximum Gasteiger partial charge on any atom is 0.200 e. The van der Waals surface area contributed by atoms with E-state index < -0.39 is 0 Å². The number of rotatable bonds is 4. The van der Waals surface area contributed by atoms with Crippen LogP contribution in [0.3, 0.4) is 0 Å². The van der Waals surface area contributed by atoms with Gasteiger partial charge in [0.15, 0.2) is 16.9 Å². The molecule has 154 valence electrons. The average molecular weight is 414 g/mol. The van der Waals surface area contributed by atoms with Gasteiger partial charge in [-0.05, 0) is 29.7 Å². The van der Waals surface area contributed by atoms with Crippen molar-refractivity contribution in [1.82, 2.24) is 0 Å². The maximum absolute atomic E-state index is 12.3. The van der Waals surface area contributed by atoms with Crippen molar-refractivity contribution >= 4 is 21.9 Å². The smallest absolute Gasteiger partial charge is 0.200 e. The van der Waals surface area contributed by atoms with E-state index in [4.69, 9.17) is 18.3 Å². The molecule has 0 amide bonds. The lowest BCUT2D eigenvalue weighted by molar-refractivity contribution is 0.340. The number of methoxy groups -OCH3 is 2. The first-order valence-electron chi connectivity index (χ1n) is 9.59. The highest BCUT2D eigenvalue weighted by Crippen LogP contribution is 2.42. The molecule has 3 aromatic carbocycles. The van der Waals surface area contributed by atoms with Crippen LogP contribution < -0.4 is 14.9 Å². The monoisotopic (exact) mass is 414 g/mol. The number of benzene rings is 3. The normalized spacial score (nSPS) is 11.2. The molecule has 5 rings (SSSR count). The van der Waals surface area contributed by atoms with E-state index in [9.17, 15) is 9.90 Å². The van der Waals surface area contributed by atoms with Crippen molar-refractivity contribution in [3.05, 3.63) is 77.0 Å². The number of aromatic hydroxyl groups is 1. The number of phenolic OH excluding ortho intramolecular Hbond substituents is 1. The molecule has 6 nitrogen and oxygen atoms in total. The van der Waals surface area contributed by atoms with Gasteiger partial charge in [-0.3, -0.25) is 4.79 Å². The quantitative estimate of drug-likeness (QED) is 0.412. The molecule has 0 aliphatic carbocycles. The summed E-state index contributed by atoms with van der Waals surface area (Å²) < 4.78 is 22.6. The second-order valence-corrected chi connectivity index (χ2v) is 7.07. The third-order valence-electron chi connectivity index (χ3n) is 5.16.